The van der Waals surface area contributed by atoms with Crippen LogP contribution in [0, 0.1) is 12.7 Å². The number of carbonyl (C=O) groups is 1. The predicted octanol–water partition coefficient (Wildman–Crippen LogP) is 3.08. The Hall–Kier alpha value is -2.40. The molecule has 0 saturated carbocycles. The van der Waals surface area contributed by atoms with Crippen LogP contribution in [0.2, 0.25) is 0 Å². The van der Waals surface area contributed by atoms with Crippen molar-refractivity contribution in [3.8, 4) is 5.75 Å². The van der Waals surface area contributed by atoms with E-state index in [1.54, 1.807) is 20.2 Å². The van der Waals surface area contributed by atoms with E-state index in [0.717, 1.165) is 16.9 Å². The van der Waals surface area contributed by atoms with Crippen molar-refractivity contribution >= 4 is 41.5 Å². The molecule has 3 N–H and O–H groups in total. The molecular formula is C21H28FIN4O3. The van der Waals surface area contributed by atoms with Gasteiger partial charge in [-0.05, 0) is 36.8 Å². The Bertz CT molecular complexity index is 849. The molecule has 0 aliphatic carbocycles. The second-order valence-corrected chi connectivity index (χ2v) is 6.29. The second-order valence-electron chi connectivity index (χ2n) is 6.29. The smallest absolute Gasteiger partial charge is 0.243 e. The number of aliphatic imine (C=N–C) groups is 1. The summed E-state index contributed by atoms with van der Waals surface area (Å²) in [6.45, 7) is 3.41. The van der Waals surface area contributed by atoms with Gasteiger partial charge < -0.3 is 25.4 Å². The van der Waals surface area contributed by atoms with E-state index in [0.29, 0.717) is 31.4 Å². The number of amides is 1. The summed E-state index contributed by atoms with van der Waals surface area (Å²) in [6.07, 6.45) is 0. The van der Waals surface area contributed by atoms with Crippen molar-refractivity contribution in [2.24, 2.45) is 4.99 Å². The topological polar surface area (TPSA) is 84.0 Å². The first kappa shape index (κ1) is 25.6. The maximum Gasteiger partial charge on any atom is 0.243 e. The van der Waals surface area contributed by atoms with Crippen LogP contribution < -0.4 is 20.7 Å². The molecule has 0 saturated heterocycles. The summed E-state index contributed by atoms with van der Waals surface area (Å²) in [4.78, 5) is 16.2. The van der Waals surface area contributed by atoms with Crippen LogP contribution in [0.1, 0.15) is 11.1 Å². The van der Waals surface area contributed by atoms with Gasteiger partial charge in [-0.25, -0.2) is 4.39 Å². The molecule has 0 atom stereocenters. The van der Waals surface area contributed by atoms with Crippen LogP contribution in [0.4, 0.5) is 10.1 Å². The molecule has 7 nitrogen and oxygen atoms in total. The van der Waals surface area contributed by atoms with Crippen LogP contribution in [0.25, 0.3) is 0 Å². The van der Waals surface area contributed by atoms with Gasteiger partial charge in [0.1, 0.15) is 18.2 Å². The lowest BCUT2D eigenvalue weighted by molar-refractivity contribution is -0.115. The molecule has 30 heavy (non-hydrogen) atoms. The third kappa shape index (κ3) is 8.95. The number of hydrogen-bond donors (Lipinski definition) is 3. The average Bonchev–Trinajstić information content (AvgIpc) is 2.69. The summed E-state index contributed by atoms with van der Waals surface area (Å²) in [6, 6.07) is 11.7. The highest BCUT2D eigenvalue weighted by Crippen LogP contribution is 2.20. The monoisotopic (exact) mass is 530 g/mol. The SMILES string of the molecule is CN=C(NCC(=O)Nc1cccc(F)c1)NCc1ccc(C)cc1OCCOC.I. The number of benzene rings is 2. The summed E-state index contributed by atoms with van der Waals surface area (Å²) in [5.41, 5.74) is 2.45. The second kappa shape index (κ2) is 13.8. The Balaban J connectivity index is 0.00000450. The van der Waals surface area contributed by atoms with Crippen LogP contribution in [-0.4, -0.2) is 45.8 Å². The minimum absolute atomic E-state index is 0. The molecule has 0 aromatic heterocycles. The van der Waals surface area contributed by atoms with Crippen LogP contribution in [0.3, 0.4) is 0 Å². The van der Waals surface area contributed by atoms with Gasteiger partial charge in [-0.3, -0.25) is 9.79 Å². The number of rotatable bonds is 9. The normalized spacial score (nSPS) is 10.7. The fourth-order valence-corrected chi connectivity index (χ4v) is 2.51. The number of anilines is 1. The third-order valence-electron chi connectivity index (χ3n) is 3.96. The first-order valence-electron chi connectivity index (χ1n) is 9.23. The van der Waals surface area contributed by atoms with E-state index >= 15 is 0 Å². The molecule has 164 valence electrons. The summed E-state index contributed by atoms with van der Waals surface area (Å²) in [7, 11) is 3.24. The number of ether oxygens (including phenoxy) is 2. The fraction of sp³-hybridized carbons (Fsp3) is 0.333. The van der Waals surface area contributed by atoms with Gasteiger partial charge in [0.25, 0.3) is 0 Å². The quantitative estimate of drug-likeness (QED) is 0.201. The number of methoxy groups -OCH3 is 1. The van der Waals surface area contributed by atoms with Gasteiger partial charge in [0.15, 0.2) is 5.96 Å². The Morgan fingerprint density at radius 2 is 1.93 bits per heavy atom. The molecule has 0 aliphatic heterocycles. The van der Waals surface area contributed by atoms with Crippen LogP contribution in [0.15, 0.2) is 47.5 Å². The molecule has 0 radical (unpaired) electrons. The van der Waals surface area contributed by atoms with E-state index in [1.165, 1.54) is 18.2 Å². The summed E-state index contributed by atoms with van der Waals surface area (Å²) in [5.74, 6) is 0.518. The maximum absolute atomic E-state index is 13.2. The molecule has 9 heteroatoms. The van der Waals surface area contributed by atoms with Gasteiger partial charge in [0, 0.05) is 32.0 Å². The minimum atomic E-state index is -0.408. The van der Waals surface area contributed by atoms with Crippen molar-refractivity contribution in [3.63, 3.8) is 0 Å². The summed E-state index contributed by atoms with van der Waals surface area (Å²) < 4.78 is 24.0. The highest BCUT2D eigenvalue weighted by molar-refractivity contribution is 14.0. The van der Waals surface area contributed by atoms with E-state index in [-0.39, 0.29) is 36.4 Å². The number of aryl methyl sites for hydroxylation is 1. The summed E-state index contributed by atoms with van der Waals surface area (Å²) in [5, 5.41) is 8.71. The Morgan fingerprint density at radius 3 is 2.63 bits per heavy atom. The van der Waals surface area contributed by atoms with Crippen molar-refractivity contribution in [3.05, 3.63) is 59.4 Å². The van der Waals surface area contributed by atoms with E-state index < -0.39 is 5.82 Å². The van der Waals surface area contributed by atoms with Gasteiger partial charge in [-0.1, -0.05) is 18.2 Å². The van der Waals surface area contributed by atoms with Crippen LogP contribution in [-0.2, 0) is 16.1 Å². The van der Waals surface area contributed by atoms with E-state index in [2.05, 4.69) is 20.9 Å². The Kier molecular flexibility index (Phi) is 11.8. The molecule has 2 rings (SSSR count). The van der Waals surface area contributed by atoms with Crippen LogP contribution in [0.5, 0.6) is 5.75 Å². The zero-order valence-corrected chi connectivity index (χ0v) is 19.7. The van der Waals surface area contributed by atoms with Gasteiger partial charge in [-0.15, -0.1) is 24.0 Å². The minimum Gasteiger partial charge on any atom is -0.491 e. The molecule has 0 aliphatic rings. The number of guanidine groups is 1. The van der Waals surface area contributed by atoms with Crippen LogP contribution >= 0.6 is 24.0 Å². The van der Waals surface area contributed by atoms with Crippen molar-refractivity contribution < 1.29 is 18.7 Å². The molecule has 0 heterocycles. The maximum atomic E-state index is 13.2. The summed E-state index contributed by atoms with van der Waals surface area (Å²) >= 11 is 0. The largest absolute Gasteiger partial charge is 0.491 e. The van der Waals surface area contributed by atoms with Gasteiger partial charge >= 0.3 is 0 Å². The first-order chi connectivity index (χ1) is 14.0. The Morgan fingerprint density at radius 1 is 1.13 bits per heavy atom. The van der Waals surface area contributed by atoms with Crippen molar-refractivity contribution in [2.75, 3.05) is 39.2 Å². The van der Waals surface area contributed by atoms with Gasteiger partial charge in [0.05, 0.1) is 13.2 Å². The molecule has 2 aromatic carbocycles. The Labute approximate surface area is 193 Å². The molecule has 0 unspecified atom stereocenters. The highest BCUT2D eigenvalue weighted by atomic mass is 127. The van der Waals surface area contributed by atoms with E-state index in [1.807, 2.05) is 25.1 Å². The van der Waals surface area contributed by atoms with Crippen molar-refractivity contribution in [1.82, 2.24) is 10.6 Å². The van der Waals surface area contributed by atoms with Gasteiger partial charge in [0.2, 0.25) is 5.91 Å². The third-order valence-corrected chi connectivity index (χ3v) is 3.96. The zero-order valence-electron chi connectivity index (χ0n) is 17.3. The zero-order chi connectivity index (χ0) is 21.1. The number of nitrogens with zero attached hydrogens (tertiary/aromatic N) is 1. The predicted molar refractivity (Wildman–Crippen MR) is 127 cm³/mol. The average molecular weight is 530 g/mol. The molecular weight excluding hydrogens is 502 g/mol. The molecule has 0 spiro atoms. The lowest BCUT2D eigenvalue weighted by atomic mass is 10.1. The fourth-order valence-electron chi connectivity index (χ4n) is 2.51. The van der Waals surface area contributed by atoms with E-state index in [4.69, 9.17) is 9.47 Å². The first-order valence-corrected chi connectivity index (χ1v) is 9.23. The number of carbonyl (C=O) groups excluding carboxylic acids is 1. The van der Waals surface area contributed by atoms with Gasteiger partial charge in [-0.2, -0.15) is 0 Å². The van der Waals surface area contributed by atoms with Crippen molar-refractivity contribution in [2.45, 2.75) is 13.5 Å². The standard InChI is InChI=1S/C21H27FN4O3.HI/c1-15-7-8-16(19(11-15)29-10-9-28-3)13-24-21(23-2)25-14-20(27)26-18-6-4-5-17(22)12-18;/h4-8,11-12H,9-10,13-14H2,1-3H3,(H,26,27)(H2,23,24,25);1H. The molecule has 1 amide bonds. The van der Waals surface area contributed by atoms with E-state index in [9.17, 15) is 9.18 Å². The number of nitrogens with one attached hydrogen (secondary N) is 3. The van der Waals surface area contributed by atoms with Crippen molar-refractivity contribution in [1.29, 1.82) is 0 Å². The molecule has 2 aromatic rings. The molecule has 0 fully saturated rings. The lowest BCUT2D eigenvalue weighted by Crippen LogP contribution is -2.41. The number of hydrogen-bond acceptors (Lipinski definition) is 4. The molecule has 0 bridgehead atoms. The number of halogens is 2. The lowest BCUT2D eigenvalue weighted by Gasteiger charge is -2.15. The highest BCUT2D eigenvalue weighted by Gasteiger charge is 2.08.